The summed E-state index contributed by atoms with van der Waals surface area (Å²) in [5, 5.41) is 19.8. The average Bonchev–Trinajstić information content (AvgIpc) is 3.40. The van der Waals surface area contributed by atoms with E-state index in [1.54, 1.807) is 17.5 Å². The number of nitrogens with one attached hydrogen (secondary N) is 1. The van der Waals surface area contributed by atoms with Crippen LogP contribution in [-0.4, -0.2) is 30.9 Å². The summed E-state index contributed by atoms with van der Waals surface area (Å²) in [7, 11) is 0. The molecule has 0 bridgehead atoms. The molecule has 4 rings (SSSR count). The average molecular weight is 427 g/mol. The van der Waals surface area contributed by atoms with Crippen LogP contribution in [-0.2, 0) is 6.42 Å². The Hall–Kier alpha value is -2.65. The Balaban J connectivity index is 1.73. The van der Waals surface area contributed by atoms with Gasteiger partial charge >= 0.3 is 0 Å². The Morgan fingerprint density at radius 1 is 1.24 bits per heavy atom. The molecule has 0 atom stereocenters. The van der Waals surface area contributed by atoms with E-state index in [0.29, 0.717) is 22.3 Å². The Bertz CT molecular complexity index is 1140. The largest absolute Gasteiger partial charge is 0.296 e. The van der Waals surface area contributed by atoms with E-state index in [1.165, 1.54) is 11.3 Å². The summed E-state index contributed by atoms with van der Waals surface area (Å²) in [6, 6.07) is 5.94. The van der Waals surface area contributed by atoms with Gasteiger partial charge in [0.25, 0.3) is 5.91 Å². The summed E-state index contributed by atoms with van der Waals surface area (Å²) in [4.78, 5) is 18.9. The van der Waals surface area contributed by atoms with Crippen LogP contribution in [0.15, 0.2) is 29.8 Å². The minimum absolute atomic E-state index is 0.135. The van der Waals surface area contributed by atoms with Crippen molar-refractivity contribution in [1.82, 2.24) is 25.0 Å². The monoisotopic (exact) mass is 426 g/mol. The van der Waals surface area contributed by atoms with Gasteiger partial charge in [0.05, 0.1) is 27.7 Å². The second-order valence-electron chi connectivity index (χ2n) is 7.51. The molecule has 0 aliphatic heterocycles. The third-order valence-electron chi connectivity index (χ3n) is 4.34. The van der Waals surface area contributed by atoms with Gasteiger partial charge in [0.2, 0.25) is 5.13 Å². The molecule has 4 heterocycles. The fourth-order valence-electron chi connectivity index (χ4n) is 3.03. The molecule has 1 N–H and O–H groups in total. The van der Waals surface area contributed by atoms with Gasteiger partial charge < -0.3 is 0 Å². The zero-order valence-electron chi connectivity index (χ0n) is 16.7. The van der Waals surface area contributed by atoms with Crippen LogP contribution in [0.25, 0.3) is 21.6 Å². The predicted molar refractivity (Wildman–Crippen MR) is 118 cm³/mol. The highest BCUT2D eigenvalue weighted by Crippen LogP contribution is 2.29. The number of aromatic nitrogens is 5. The normalized spacial score (nSPS) is 11.7. The van der Waals surface area contributed by atoms with Gasteiger partial charge in [-0.3, -0.25) is 10.1 Å². The smallest absolute Gasteiger partial charge is 0.258 e. The first-order valence-electron chi connectivity index (χ1n) is 9.48. The molecule has 0 fully saturated rings. The molecule has 9 heteroatoms. The SMILES string of the molecule is CC(C)Cc1nnc(NC(=O)c2cc(-c3cccs3)nc3c2cnn3C(C)C)s1. The third-order valence-corrected chi connectivity index (χ3v) is 6.10. The molecule has 0 aromatic carbocycles. The topological polar surface area (TPSA) is 85.6 Å². The summed E-state index contributed by atoms with van der Waals surface area (Å²) in [6.45, 7) is 8.35. The van der Waals surface area contributed by atoms with Crippen LogP contribution < -0.4 is 5.32 Å². The first-order valence-corrected chi connectivity index (χ1v) is 11.2. The lowest BCUT2D eigenvalue weighted by Gasteiger charge is -2.09. The van der Waals surface area contributed by atoms with Crippen LogP contribution >= 0.6 is 22.7 Å². The maximum Gasteiger partial charge on any atom is 0.258 e. The summed E-state index contributed by atoms with van der Waals surface area (Å²) < 4.78 is 1.84. The molecule has 0 unspecified atom stereocenters. The molecule has 4 aromatic heterocycles. The van der Waals surface area contributed by atoms with Gasteiger partial charge in [0.1, 0.15) is 5.01 Å². The first kappa shape index (κ1) is 19.7. The molecule has 4 aromatic rings. The van der Waals surface area contributed by atoms with Crippen molar-refractivity contribution >= 4 is 44.7 Å². The maximum absolute atomic E-state index is 13.1. The number of pyridine rings is 1. The highest BCUT2D eigenvalue weighted by atomic mass is 32.1. The number of nitrogens with zero attached hydrogens (tertiary/aromatic N) is 5. The van der Waals surface area contributed by atoms with E-state index in [1.807, 2.05) is 42.1 Å². The van der Waals surface area contributed by atoms with Crippen LogP contribution in [0.1, 0.15) is 49.1 Å². The molecule has 0 saturated heterocycles. The number of amides is 1. The second kappa shape index (κ2) is 8.00. The Morgan fingerprint density at radius 3 is 2.76 bits per heavy atom. The number of anilines is 1. The number of fused-ring (bicyclic) bond motifs is 1. The number of carbonyl (C=O) groups excluding carboxylic acids is 1. The number of rotatable bonds is 6. The van der Waals surface area contributed by atoms with Crippen LogP contribution in [0.3, 0.4) is 0 Å². The fourth-order valence-corrected chi connectivity index (χ4v) is 4.67. The van der Waals surface area contributed by atoms with Crippen LogP contribution in [0.2, 0.25) is 0 Å². The minimum atomic E-state index is -0.231. The minimum Gasteiger partial charge on any atom is -0.296 e. The second-order valence-corrected chi connectivity index (χ2v) is 9.52. The number of carbonyl (C=O) groups is 1. The van der Waals surface area contributed by atoms with Crippen molar-refractivity contribution in [1.29, 1.82) is 0 Å². The lowest BCUT2D eigenvalue weighted by atomic mass is 10.1. The van der Waals surface area contributed by atoms with Gasteiger partial charge in [-0.1, -0.05) is 31.3 Å². The van der Waals surface area contributed by atoms with E-state index in [9.17, 15) is 4.79 Å². The van der Waals surface area contributed by atoms with E-state index in [0.717, 1.165) is 27.4 Å². The van der Waals surface area contributed by atoms with E-state index in [2.05, 4.69) is 34.5 Å². The Labute approximate surface area is 176 Å². The zero-order chi connectivity index (χ0) is 20.5. The van der Waals surface area contributed by atoms with Gasteiger partial charge in [-0.05, 0) is 37.3 Å². The zero-order valence-corrected chi connectivity index (χ0v) is 18.3. The lowest BCUT2D eigenvalue weighted by Crippen LogP contribution is -2.13. The van der Waals surface area contributed by atoms with Gasteiger partial charge in [-0.15, -0.1) is 21.5 Å². The lowest BCUT2D eigenvalue weighted by molar-refractivity contribution is 0.102. The van der Waals surface area contributed by atoms with Crippen molar-refractivity contribution in [2.24, 2.45) is 5.92 Å². The molecule has 0 radical (unpaired) electrons. The highest BCUT2D eigenvalue weighted by molar-refractivity contribution is 7.15. The van der Waals surface area contributed by atoms with Gasteiger partial charge in [0, 0.05) is 12.5 Å². The number of hydrogen-bond donors (Lipinski definition) is 1. The van der Waals surface area contributed by atoms with Crippen molar-refractivity contribution in [3.8, 4) is 10.6 Å². The Kier molecular flexibility index (Phi) is 5.42. The van der Waals surface area contributed by atoms with E-state index in [-0.39, 0.29) is 11.9 Å². The molecule has 0 saturated carbocycles. The maximum atomic E-state index is 13.1. The first-order chi connectivity index (χ1) is 13.9. The van der Waals surface area contributed by atoms with Crippen molar-refractivity contribution in [3.05, 3.63) is 40.3 Å². The van der Waals surface area contributed by atoms with Crippen molar-refractivity contribution in [2.45, 2.75) is 40.2 Å². The molecule has 0 aliphatic carbocycles. The third kappa shape index (κ3) is 4.06. The Morgan fingerprint density at radius 2 is 2.07 bits per heavy atom. The molecule has 0 spiro atoms. The summed E-state index contributed by atoms with van der Waals surface area (Å²) >= 11 is 3.00. The molecule has 1 amide bonds. The van der Waals surface area contributed by atoms with Gasteiger partial charge in [0.15, 0.2) is 5.65 Å². The molecule has 0 aliphatic rings. The predicted octanol–water partition coefficient (Wildman–Crippen LogP) is 5.04. The van der Waals surface area contributed by atoms with E-state index in [4.69, 9.17) is 4.98 Å². The highest BCUT2D eigenvalue weighted by Gasteiger charge is 2.20. The van der Waals surface area contributed by atoms with Crippen LogP contribution in [0.5, 0.6) is 0 Å². The quantitative estimate of drug-likeness (QED) is 0.467. The molecule has 29 heavy (non-hydrogen) atoms. The van der Waals surface area contributed by atoms with E-state index < -0.39 is 0 Å². The number of thiophene rings is 1. The summed E-state index contributed by atoms with van der Waals surface area (Å²) in [6.07, 6.45) is 2.55. The van der Waals surface area contributed by atoms with Gasteiger partial charge in [-0.2, -0.15) is 5.10 Å². The summed E-state index contributed by atoms with van der Waals surface area (Å²) in [5.74, 6) is 0.257. The van der Waals surface area contributed by atoms with Crippen LogP contribution in [0, 0.1) is 5.92 Å². The molecule has 7 nitrogen and oxygen atoms in total. The van der Waals surface area contributed by atoms with E-state index >= 15 is 0 Å². The summed E-state index contributed by atoms with van der Waals surface area (Å²) in [5.41, 5.74) is 2.00. The molecule has 150 valence electrons. The van der Waals surface area contributed by atoms with Crippen LogP contribution in [0.4, 0.5) is 5.13 Å². The van der Waals surface area contributed by atoms with Crippen molar-refractivity contribution < 1.29 is 4.79 Å². The number of hydrogen-bond acceptors (Lipinski definition) is 7. The molecular weight excluding hydrogens is 404 g/mol. The standard InChI is InChI=1S/C20H22N6OS2/c1-11(2)8-17-24-25-20(29-17)23-19(27)13-9-15(16-6-5-7-28-16)22-18-14(13)10-21-26(18)12(3)4/h5-7,9-12H,8H2,1-4H3,(H,23,25,27). The fraction of sp³-hybridized carbons (Fsp3) is 0.350. The van der Waals surface area contributed by atoms with Gasteiger partial charge in [-0.25, -0.2) is 9.67 Å². The molecular formula is C20H22N6OS2. The van der Waals surface area contributed by atoms with Crippen molar-refractivity contribution in [3.63, 3.8) is 0 Å². The van der Waals surface area contributed by atoms with Crippen molar-refractivity contribution in [2.75, 3.05) is 5.32 Å².